The second-order valence-corrected chi connectivity index (χ2v) is 11.4. The fraction of sp³-hybridized carbons (Fsp3) is 0.400. The van der Waals surface area contributed by atoms with E-state index < -0.39 is 18.2 Å². The van der Waals surface area contributed by atoms with Crippen LogP contribution in [0, 0.1) is 9.49 Å². The van der Waals surface area contributed by atoms with E-state index in [9.17, 15) is 19.8 Å². The molecule has 39 heavy (non-hydrogen) atoms. The number of H-pyrrole nitrogens is 1. The van der Waals surface area contributed by atoms with Gasteiger partial charge in [-0.2, -0.15) is 0 Å². The quantitative estimate of drug-likeness (QED) is 0.237. The van der Waals surface area contributed by atoms with Crippen LogP contribution in [0.2, 0.25) is 0 Å². The Balaban J connectivity index is 1.63. The summed E-state index contributed by atoms with van der Waals surface area (Å²) in [6, 6.07) is 16.9. The molecule has 0 unspecified atom stereocenters. The summed E-state index contributed by atoms with van der Waals surface area (Å²) in [5, 5.41) is 24.6. The van der Waals surface area contributed by atoms with Crippen molar-refractivity contribution in [1.82, 2.24) is 15.2 Å². The first-order chi connectivity index (χ1) is 18.8. The van der Waals surface area contributed by atoms with Gasteiger partial charge in [0.1, 0.15) is 18.0 Å². The smallest absolute Gasteiger partial charge is 0.247 e. The summed E-state index contributed by atoms with van der Waals surface area (Å²) in [6.07, 6.45) is 0.833. The van der Waals surface area contributed by atoms with Crippen LogP contribution in [0.3, 0.4) is 0 Å². The Morgan fingerprint density at radius 2 is 1.92 bits per heavy atom. The van der Waals surface area contributed by atoms with Crippen molar-refractivity contribution in [2.24, 2.45) is 5.92 Å². The van der Waals surface area contributed by atoms with Gasteiger partial charge in [0.05, 0.1) is 16.2 Å². The molecule has 0 bridgehead atoms. The number of benzene rings is 2. The summed E-state index contributed by atoms with van der Waals surface area (Å²) < 4.78 is 7.09. The van der Waals surface area contributed by atoms with Gasteiger partial charge in [0.2, 0.25) is 11.8 Å². The van der Waals surface area contributed by atoms with E-state index in [-0.39, 0.29) is 37.3 Å². The number of nitrogens with one attached hydrogen (secondary N) is 2. The molecule has 0 saturated carbocycles. The minimum Gasteiger partial charge on any atom is -0.482 e. The van der Waals surface area contributed by atoms with Crippen LogP contribution in [0.15, 0.2) is 66.2 Å². The lowest BCUT2D eigenvalue weighted by molar-refractivity contribution is -0.139. The molecular formula is C30H36IN3O5. The van der Waals surface area contributed by atoms with Crippen molar-refractivity contribution in [2.75, 3.05) is 19.7 Å². The molecule has 4 rings (SSSR count). The zero-order valence-corrected chi connectivity index (χ0v) is 24.4. The summed E-state index contributed by atoms with van der Waals surface area (Å²) in [6.45, 7) is 4.28. The van der Waals surface area contributed by atoms with Crippen molar-refractivity contribution in [3.8, 4) is 5.75 Å². The maximum atomic E-state index is 13.6. The van der Waals surface area contributed by atoms with Gasteiger partial charge >= 0.3 is 0 Å². The zero-order chi connectivity index (χ0) is 27.9. The van der Waals surface area contributed by atoms with Crippen LogP contribution < -0.4 is 10.1 Å². The van der Waals surface area contributed by atoms with Gasteiger partial charge in [-0.25, -0.2) is 0 Å². The third-order valence-corrected chi connectivity index (χ3v) is 7.72. The number of aliphatic hydroxyl groups is 2. The van der Waals surface area contributed by atoms with Gasteiger partial charge in [0, 0.05) is 49.1 Å². The fourth-order valence-electron chi connectivity index (χ4n) is 4.92. The third kappa shape index (κ3) is 7.40. The number of aromatic nitrogens is 1. The molecule has 1 heterocycles. The summed E-state index contributed by atoms with van der Waals surface area (Å²) in [5.41, 5.74) is 2.44. The third-order valence-electron chi connectivity index (χ3n) is 6.83. The Hall–Kier alpha value is -2.89. The number of halogens is 1. The number of amides is 2. The van der Waals surface area contributed by atoms with Crippen molar-refractivity contribution < 1.29 is 24.5 Å². The normalized spacial score (nSPS) is 19.1. The van der Waals surface area contributed by atoms with Crippen LogP contribution >= 0.6 is 22.6 Å². The largest absolute Gasteiger partial charge is 0.482 e. The molecule has 8 nitrogen and oxygen atoms in total. The van der Waals surface area contributed by atoms with E-state index >= 15 is 0 Å². The Labute approximate surface area is 242 Å². The Bertz CT molecular complexity index is 1290. The van der Waals surface area contributed by atoms with E-state index in [1.54, 1.807) is 11.0 Å². The number of aliphatic hydroxyl groups excluding tert-OH is 2. The number of carbonyl (C=O) groups excluding carboxylic acids is 2. The van der Waals surface area contributed by atoms with Crippen LogP contribution in [0.25, 0.3) is 10.9 Å². The second-order valence-electron chi connectivity index (χ2n) is 10.3. The molecule has 4 N–H and O–H groups in total. The fourth-order valence-corrected chi connectivity index (χ4v) is 5.43. The summed E-state index contributed by atoms with van der Waals surface area (Å²) in [5.74, 6) is 0.307. The molecule has 3 atom stereocenters. The number of nitrogens with zero attached hydrogens (tertiary/aromatic N) is 1. The Morgan fingerprint density at radius 1 is 1.18 bits per heavy atom. The number of para-hydroxylation sites is 2. The van der Waals surface area contributed by atoms with Gasteiger partial charge in [-0.3, -0.25) is 9.59 Å². The highest BCUT2D eigenvalue weighted by molar-refractivity contribution is 14.1. The van der Waals surface area contributed by atoms with Crippen LogP contribution in [-0.2, 0) is 16.0 Å². The van der Waals surface area contributed by atoms with Gasteiger partial charge in [-0.05, 0) is 64.2 Å². The minimum absolute atomic E-state index is 0.0739. The lowest BCUT2D eigenvalue weighted by Crippen LogP contribution is -2.55. The highest BCUT2D eigenvalue weighted by Crippen LogP contribution is 2.30. The molecule has 208 valence electrons. The van der Waals surface area contributed by atoms with Gasteiger partial charge in [0.25, 0.3) is 0 Å². The SMILES string of the molecule is CC(C)CC(=O)N(CCc1cc2ccccc2[nH]1)[C@@H]1CC(C(=O)NCCO)=C[C@H](Oc2ccccc2I)[C@H]1O. The number of aromatic amines is 1. The van der Waals surface area contributed by atoms with Crippen molar-refractivity contribution in [1.29, 1.82) is 0 Å². The maximum Gasteiger partial charge on any atom is 0.247 e. The van der Waals surface area contributed by atoms with E-state index in [1.807, 2.05) is 62.4 Å². The average molecular weight is 646 g/mol. The first-order valence-electron chi connectivity index (χ1n) is 13.3. The first-order valence-corrected chi connectivity index (χ1v) is 14.4. The standard InChI is InChI=1S/C30H36IN3O5/c1-19(2)15-28(36)34(13-11-22-16-20-7-3-5-9-24(20)33-22)25-17-21(30(38)32-12-14-35)18-27(29(25)37)39-26-10-6-4-8-23(26)31/h3-10,16,18-19,25,27,29,33,35,37H,11-15,17H2,1-2H3,(H,32,38)/t25-,27+,29+/m1/s1. The van der Waals surface area contributed by atoms with Gasteiger partial charge in [-0.15, -0.1) is 0 Å². The molecule has 0 saturated heterocycles. The van der Waals surface area contributed by atoms with Crippen molar-refractivity contribution in [3.63, 3.8) is 0 Å². The lowest BCUT2D eigenvalue weighted by Gasteiger charge is -2.41. The van der Waals surface area contributed by atoms with E-state index in [0.717, 1.165) is 20.2 Å². The number of fused-ring (bicyclic) bond motifs is 1. The molecule has 0 aliphatic heterocycles. The number of hydrogen-bond donors (Lipinski definition) is 4. The summed E-state index contributed by atoms with van der Waals surface area (Å²) in [4.78, 5) is 31.7. The van der Waals surface area contributed by atoms with E-state index in [2.05, 4.69) is 39.0 Å². The van der Waals surface area contributed by atoms with E-state index in [4.69, 9.17) is 4.74 Å². The number of carbonyl (C=O) groups is 2. The number of hydrogen-bond acceptors (Lipinski definition) is 5. The molecule has 1 aliphatic carbocycles. The molecule has 3 aromatic rings. The topological polar surface area (TPSA) is 115 Å². The van der Waals surface area contributed by atoms with Gasteiger partial charge in [0.15, 0.2) is 0 Å². The molecule has 0 spiro atoms. The van der Waals surface area contributed by atoms with Gasteiger partial charge < -0.3 is 30.2 Å². The Morgan fingerprint density at radius 3 is 2.64 bits per heavy atom. The highest BCUT2D eigenvalue weighted by atomic mass is 127. The predicted molar refractivity (Wildman–Crippen MR) is 159 cm³/mol. The second kappa shape index (κ2) is 13.5. The lowest BCUT2D eigenvalue weighted by atomic mass is 9.87. The average Bonchev–Trinajstić information content (AvgIpc) is 3.33. The molecule has 1 aromatic heterocycles. The molecule has 9 heteroatoms. The molecule has 0 radical (unpaired) electrons. The van der Waals surface area contributed by atoms with Crippen molar-refractivity contribution >= 4 is 45.3 Å². The van der Waals surface area contributed by atoms with Gasteiger partial charge in [-0.1, -0.05) is 44.2 Å². The monoisotopic (exact) mass is 645 g/mol. The maximum absolute atomic E-state index is 13.6. The van der Waals surface area contributed by atoms with Crippen molar-refractivity contribution in [2.45, 2.75) is 51.4 Å². The van der Waals surface area contributed by atoms with Crippen LogP contribution in [-0.4, -0.2) is 69.9 Å². The molecular weight excluding hydrogens is 609 g/mol. The summed E-state index contributed by atoms with van der Waals surface area (Å²) >= 11 is 2.17. The van der Waals surface area contributed by atoms with E-state index in [0.29, 0.717) is 30.7 Å². The first kappa shape index (κ1) is 29.1. The molecule has 1 aliphatic rings. The van der Waals surface area contributed by atoms with Crippen LogP contribution in [0.1, 0.15) is 32.4 Å². The molecule has 2 amide bonds. The minimum atomic E-state index is -1.05. The van der Waals surface area contributed by atoms with Crippen LogP contribution in [0.4, 0.5) is 0 Å². The highest BCUT2D eigenvalue weighted by Gasteiger charge is 2.40. The number of rotatable bonds is 11. The van der Waals surface area contributed by atoms with Crippen molar-refractivity contribution in [3.05, 3.63) is 75.5 Å². The molecule has 2 aromatic carbocycles. The van der Waals surface area contributed by atoms with E-state index in [1.165, 1.54) is 0 Å². The predicted octanol–water partition coefficient (Wildman–Crippen LogP) is 3.81. The van der Waals surface area contributed by atoms with Crippen LogP contribution in [0.5, 0.6) is 5.75 Å². The summed E-state index contributed by atoms with van der Waals surface area (Å²) in [7, 11) is 0. The number of ether oxygens (including phenoxy) is 1. The zero-order valence-electron chi connectivity index (χ0n) is 22.3. The molecule has 0 fully saturated rings. The Kier molecular flexibility index (Phi) is 10.0.